The predicted octanol–water partition coefficient (Wildman–Crippen LogP) is 4.89. The Bertz CT molecular complexity index is 761. The van der Waals surface area contributed by atoms with Gasteiger partial charge in [0, 0.05) is 35.5 Å². The van der Waals surface area contributed by atoms with Crippen molar-refractivity contribution >= 4 is 33.2 Å². The lowest BCUT2D eigenvalue weighted by Gasteiger charge is -2.22. The molecule has 2 heterocycles. The number of nitrogens with zero attached hydrogens (tertiary/aromatic N) is 2. The number of carbonyl (C=O) groups is 1. The van der Waals surface area contributed by atoms with Gasteiger partial charge in [-0.25, -0.2) is 0 Å². The molecule has 1 saturated heterocycles. The molecule has 1 aromatic heterocycles. The van der Waals surface area contributed by atoms with E-state index in [1.165, 1.54) is 16.2 Å². The quantitative estimate of drug-likeness (QED) is 0.669. The number of benzene rings is 1. The van der Waals surface area contributed by atoms with Crippen LogP contribution >= 0.6 is 27.3 Å². The summed E-state index contributed by atoms with van der Waals surface area (Å²) in [6.07, 6.45) is -3.65. The van der Waals surface area contributed by atoms with E-state index in [2.05, 4.69) is 15.9 Å². The maximum absolute atomic E-state index is 12.7. The SMILES string of the molecule is O=C(c1ccc(-c2ccc(Br)cc2)s1)N1CCCN(CC(F)(F)F)CC1. The maximum Gasteiger partial charge on any atom is 0.401 e. The summed E-state index contributed by atoms with van der Waals surface area (Å²) in [6, 6.07) is 11.6. The molecule has 26 heavy (non-hydrogen) atoms. The highest BCUT2D eigenvalue weighted by Crippen LogP contribution is 2.30. The number of thiophene rings is 1. The van der Waals surface area contributed by atoms with Crippen molar-refractivity contribution in [2.24, 2.45) is 0 Å². The van der Waals surface area contributed by atoms with Gasteiger partial charge in [0.1, 0.15) is 0 Å². The van der Waals surface area contributed by atoms with Crippen LogP contribution in [0.15, 0.2) is 40.9 Å². The van der Waals surface area contributed by atoms with Gasteiger partial charge < -0.3 is 4.90 Å². The fourth-order valence-electron chi connectivity index (χ4n) is 2.96. The zero-order valence-electron chi connectivity index (χ0n) is 13.9. The summed E-state index contributed by atoms with van der Waals surface area (Å²) < 4.78 is 38.7. The van der Waals surface area contributed by atoms with Gasteiger partial charge in [-0.05, 0) is 36.2 Å². The fraction of sp³-hybridized carbons (Fsp3) is 0.389. The molecule has 0 bridgehead atoms. The molecule has 1 aliphatic rings. The summed E-state index contributed by atoms with van der Waals surface area (Å²) >= 11 is 4.81. The lowest BCUT2D eigenvalue weighted by atomic mass is 10.2. The average molecular weight is 447 g/mol. The van der Waals surface area contributed by atoms with Gasteiger partial charge >= 0.3 is 6.18 Å². The smallest absolute Gasteiger partial charge is 0.337 e. The second-order valence-corrected chi connectivity index (χ2v) is 8.21. The molecule has 3 rings (SSSR count). The third-order valence-electron chi connectivity index (χ3n) is 4.22. The lowest BCUT2D eigenvalue weighted by Crippen LogP contribution is -2.38. The minimum atomic E-state index is -4.20. The highest BCUT2D eigenvalue weighted by molar-refractivity contribution is 9.10. The number of alkyl halides is 3. The van der Waals surface area contributed by atoms with Crippen LogP contribution in [0, 0.1) is 0 Å². The minimum Gasteiger partial charge on any atom is -0.337 e. The highest BCUT2D eigenvalue weighted by Gasteiger charge is 2.32. The summed E-state index contributed by atoms with van der Waals surface area (Å²) in [6.45, 7) is 0.495. The first-order valence-corrected chi connectivity index (χ1v) is 9.87. The van der Waals surface area contributed by atoms with Gasteiger partial charge in [-0.3, -0.25) is 9.69 Å². The molecule has 8 heteroatoms. The number of carbonyl (C=O) groups excluding carboxylic acids is 1. The van der Waals surface area contributed by atoms with Gasteiger partial charge in [-0.2, -0.15) is 13.2 Å². The van der Waals surface area contributed by atoms with Crippen LogP contribution in [0.2, 0.25) is 0 Å². The molecule has 0 N–H and O–H groups in total. The molecule has 1 aromatic carbocycles. The van der Waals surface area contributed by atoms with Crippen molar-refractivity contribution in [3.63, 3.8) is 0 Å². The van der Waals surface area contributed by atoms with E-state index in [9.17, 15) is 18.0 Å². The van der Waals surface area contributed by atoms with Crippen LogP contribution in [0.1, 0.15) is 16.1 Å². The van der Waals surface area contributed by atoms with E-state index in [1.807, 2.05) is 30.3 Å². The Balaban J connectivity index is 1.65. The monoisotopic (exact) mass is 446 g/mol. The van der Waals surface area contributed by atoms with E-state index in [0.29, 0.717) is 30.9 Å². The van der Waals surface area contributed by atoms with Crippen molar-refractivity contribution < 1.29 is 18.0 Å². The molecule has 2 aromatic rings. The summed E-state index contributed by atoms with van der Waals surface area (Å²) in [5, 5.41) is 0. The van der Waals surface area contributed by atoms with Crippen molar-refractivity contribution in [1.29, 1.82) is 0 Å². The average Bonchev–Trinajstić information content (AvgIpc) is 2.95. The van der Waals surface area contributed by atoms with Gasteiger partial charge in [0.2, 0.25) is 0 Å². The molecule has 0 atom stereocenters. The second-order valence-electron chi connectivity index (χ2n) is 6.21. The largest absolute Gasteiger partial charge is 0.401 e. The standard InChI is InChI=1S/C18H18BrF3N2OS/c19-14-4-2-13(3-5-14)15-6-7-16(26-15)17(25)24-9-1-8-23(10-11-24)12-18(20,21)22/h2-7H,1,8-12H2. The number of halogens is 4. The van der Waals surface area contributed by atoms with Crippen molar-refractivity contribution in [2.45, 2.75) is 12.6 Å². The summed E-state index contributed by atoms with van der Waals surface area (Å²) in [5.41, 5.74) is 1.03. The molecule has 0 unspecified atom stereocenters. The normalized spacial score (nSPS) is 16.5. The van der Waals surface area contributed by atoms with Gasteiger partial charge in [-0.1, -0.05) is 28.1 Å². The maximum atomic E-state index is 12.7. The molecule has 1 fully saturated rings. The van der Waals surface area contributed by atoms with Crippen LogP contribution in [0.3, 0.4) is 0 Å². The van der Waals surface area contributed by atoms with Gasteiger partial charge in [0.25, 0.3) is 5.91 Å². The first-order valence-electron chi connectivity index (χ1n) is 8.26. The van der Waals surface area contributed by atoms with Crippen LogP contribution in [0.5, 0.6) is 0 Å². The summed E-state index contributed by atoms with van der Waals surface area (Å²) in [4.78, 5) is 17.4. The number of hydrogen-bond donors (Lipinski definition) is 0. The third kappa shape index (κ3) is 5.08. The van der Waals surface area contributed by atoms with Gasteiger partial charge in [0.15, 0.2) is 0 Å². The molecule has 0 radical (unpaired) electrons. The van der Waals surface area contributed by atoms with Crippen molar-refractivity contribution in [3.8, 4) is 10.4 Å². The number of rotatable bonds is 3. The fourth-order valence-corrected chi connectivity index (χ4v) is 4.21. The topological polar surface area (TPSA) is 23.6 Å². The van der Waals surface area contributed by atoms with Crippen molar-refractivity contribution in [2.75, 3.05) is 32.7 Å². The first-order chi connectivity index (χ1) is 12.3. The second kappa shape index (κ2) is 8.10. The molecule has 0 saturated carbocycles. The van der Waals surface area contributed by atoms with Crippen LogP contribution in [0.25, 0.3) is 10.4 Å². The van der Waals surface area contributed by atoms with Crippen LogP contribution in [0.4, 0.5) is 13.2 Å². The molecule has 140 valence electrons. The molecule has 0 spiro atoms. The first kappa shape index (κ1) is 19.4. The van der Waals surface area contributed by atoms with E-state index in [0.717, 1.165) is 14.9 Å². The van der Waals surface area contributed by atoms with E-state index in [1.54, 1.807) is 11.0 Å². The van der Waals surface area contributed by atoms with Crippen molar-refractivity contribution in [3.05, 3.63) is 45.7 Å². The Morgan fingerprint density at radius 3 is 2.46 bits per heavy atom. The van der Waals surface area contributed by atoms with E-state index in [4.69, 9.17) is 0 Å². The molecule has 1 aliphatic heterocycles. The zero-order chi connectivity index (χ0) is 18.7. The Labute approximate surface area is 162 Å². The Hall–Kier alpha value is -1.38. The van der Waals surface area contributed by atoms with Crippen LogP contribution in [-0.4, -0.2) is 54.6 Å². The van der Waals surface area contributed by atoms with E-state index in [-0.39, 0.29) is 12.5 Å². The Morgan fingerprint density at radius 1 is 1.04 bits per heavy atom. The minimum absolute atomic E-state index is 0.104. The van der Waals surface area contributed by atoms with E-state index >= 15 is 0 Å². The molecule has 1 amide bonds. The summed E-state index contributed by atoms with van der Waals surface area (Å²) in [5.74, 6) is -0.104. The predicted molar refractivity (Wildman–Crippen MR) is 100 cm³/mol. The molecular weight excluding hydrogens is 429 g/mol. The van der Waals surface area contributed by atoms with Crippen LogP contribution in [-0.2, 0) is 0 Å². The molecule has 3 nitrogen and oxygen atoms in total. The number of hydrogen-bond acceptors (Lipinski definition) is 3. The molecule has 0 aliphatic carbocycles. The number of amides is 1. The van der Waals surface area contributed by atoms with Crippen molar-refractivity contribution in [1.82, 2.24) is 9.80 Å². The Kier molecular flexibility index (Phi) is 6.04. The van der Waals surface area contributed by atoms with Crippen LogP contribution < -0.4 is 0 Å². The van der Waals surface area contributed by atoms with Gasteiger partial charge in [-0.15, -0.1) is 11.3 Å². The zero-order valence-corrected chi connectivity index (χ0v) is 16.3. The third-order valence-corrected chi connectivity index (χ3v) is 5.88. The van der Waals surface area contributed by atoms with Gasteiger partial charge in [0.05, 0.1) is 11.4 Å². The summed E-state index contributed by atoms with van der Waals surface area (Å²) in [7, 11) is 0. The van der Waals surface area contributed by atoms with E-state index < -0.39 is 12.7 Å². The molecular formula is C18H18BrF3N2OS. The lowest BCUT2D eigenvalue weighted by molar-refractivity contribution is -0.145. The Morgan fingerprint density at radius 2 is 1.77 bits per heavy atom. The highest BCUT2D eigenvalue weighted by atomic mass is 79.9.